The number of nitrogens with one attached hydrogen (secondary N) is 2. The summed E-state index contributed by atoms with van der Waals surface area (Å²) in [5.74, 6) is 0.265. The second-order valence-corrected chi connectivity index (χ2v) is 12.0. The van der Waals surface area contributed by atoms with E-state index >= 15 is 0 Å². The largest absolute Gasteiger partial charge is 0.465 e. The minimum atomic E-state index is -1.34. The molecule has 1 saturated carbocycles. The van der Waals surface area contributed by atoms with Crippen LogP contribution >= 0.6 is 11.6 Å². The number of carboxylic acid groups (broad SMARTS) is 1. The molecule has 4 unspecified atom stereocenters. The lowest BCUT2D eigenvalue weighted by atomic mass is 9.72. The molecule has 40 heavy (non-hydrogen) atoms. The predicted octanol–water partition coefficient (Wildman–Crippen LogP) is 5.39. The molecule has 2 aromatic rings. The van der Waals surface area contributed by atoms with Crippen LogP contribution in [0.5, 0.6) is 0 Å². The van der Waals surface area contributed by atoms with Crippen LogP contribution in [0.1, 0.15) is 75.8 Å². The third-order valence-corrected chi connectivity index (χ3v) is 9.11. The van der Waals surface area contributed by atoms with E-state index in [-0.39, 0.29) is 24.3 Å². The molecule has 4 atom stereocenters. The molecule has 1 aliphatic heterocycles. The molecule has 4 N–H and O–H groups in total. The number of aliphatic hydroxyl groups is 1. The Morgan fingerprint density at radius 1 is 1.23 bits per heavy atom. The Balaban J connectivity index is 1.69. The van der Waals surface area contributed by atoms with Gasteiger partial charge in [-0.1, -0.05) is 49.7 Å². The van der Waals surface area contributed by atoms with Crippen molar-refractivity contribution in [1.82, 2.24) is 20.5 Å². The SMILES string of the molecule is CNC1CCC(C(=O)N2CCCC(C(O)(CCCNC(=O)O)c3ccnc(Cl)c3-c3cccc(C(C)C)c3)C2)C1. The van der Waals surface area contributed by atoms with Gasteiger partial charge in [-0.3, -0.25) is 4.79 Å². The summed E-state index contributed by atoms with van der Waals surface area (Å²) in [6.07, 6.45) is 5.56. The fraction of sp³-hybridized carbons (Fsp3) is 0.581. The summed E-state index contributed by atoms with van der Waals surface area (Å²) in [5, 5.41) is 27.8. The van der Waals surface area contributed by atoms with Crippen LogP contribution in [0.25, 0.3) is 11.1 Å². The highest BCUT2D eigenvalue weighted by Crippen LogP contribution is 2.45. The Morgan fingerprint density at radius 2 is 2.02 bits per heavy atom. The number of aromatic nitrogens is 1. The van der Waals surface area contributed by atoms with Crippen molar-refractivity contribution in [2.75, 3.05) is 26.7 Å². The molecule has 2 aliphatic rings. The number of benzene rings is 1. The Bertz CT molecular complexity index is 1190. The van der Waals surface area contributed by atoms with E-state index in [1.54, 1.807) is 6.20 Å². The van der Waals surface area contributed by atoms with Gasteiger partial charge in [-0.15, -0.1) is 0 Å². The molecule has 1 aliphatic carbocycles. The molecule has 1 aromatic carbocycles. The molecular weight excluding hydrogens is 528 g/mol. The molecule has 4 rings (SSSR count). The van der Waals surface area contributed by atoms with Crippen LogP contribution in [0.15, 0.2) is 36.5 Å². The maximum absolute atomic E-state index is 13.6. The maximum Gasteiger partial charge on any atom is 0.404 e. The van der Waals surface area contributed by atoms with Gasteiger partial charge in [0, 0.05) is 49.3 Å². The van der Waals surface area contributed by atoms with Crippen molar-refractivity contribution >= 4 is 23.6 Å². The Kier molecular flexibility index (Phi) is 10.1. The van der Waals surface area contributed by atoms with E-state index in [0.717, 1.165) is 43.2 Å². The number of likely N-dealkylation sites (tertiary alicyclic amines) is 1. The summed E-state index contributed by atoms with van der Waals surface area (Å²) < 4.78 is 0. The van der Waals surface area contributed by atoms with Crippen LogP contribution in [0.2, 0.25) is 5.15 Å². The number of hydrogen-bond acceptors (Lipinski definition) is 5. The van der Waals surface area contributed by atoms with Gasteiger partial charge in [0.1, 0.15) is 5.15 Å². The summed E-state index contributed by atoms with van der Waals surface area (Å²) >= 11 is 6.75. The average molecular weight is 571 g/mol. The number of nitrogens with zero attached hydrogens (tertiary/aromatic N) is 2. The number of hydrogen-bond donors (Lipinski definition) is 4. The van der Waals surface area contributed by atoms with Crippen molar-refractivity contribution in [2.24, 2.45) is 11.8 Å². The molecule has 1 saturated heterocycles. The highest BCUT2D eigenvalue weighted by atomic mass is 35.5. The van der Waals surface area contributed by atoms with Gasteiger partial charge in [-0.2, -0.15) is 0 Å². The van der Waals surface area contributed by atoms with Gasteiger partial charge in [-0.25, -0.2) is 9.78 Å². The quantitative estimate of drug-likeness (QED) is 0.225. The number of halogens is 1. The van der Waals surface area contributed by atoms with Crippen molar-refractivity contribution in [3.8, 4) is 11.1 Å². The molecular formula is C31H43ClN4O4. The van der Waals surface area contributed by atoms with Crippen LogP contribution in [-0.2, 0) is 10.4 Å². The first kappa shape index (κ1) is 30.3. The summed E-state index contributed by atoms with van der Waals surface area (Å²) in [4.78, 5) is 31.0. The first-order valence-corrected chi connectivity index (χ1v) is 14.9. The molecule has 0 radical (unpaired) electrons. The third-order valence-electron chi connectivity index (χ3n) is 8.82. The normalized spacial score (nSPS) is 22.8. The average Bonchev–Trinajstić information content (AvgIpc) is 3.44. The molecule has 8 nitrogen and oxygen atoms in total. The number of piperidine rings is 1. The van der Waals surface area contributed by atoms with Gasteiger partial charge in [-0.05, 0) is 80.7 Å². The minimum absolute atomic E-state index is 0.00811. The van der Waals surface area contributed by atoms with Gasteiger partial charge < -0.3 is 25.7 Å². The van der Waals surface area contributed by atoms with Gasteiger partial charge in [0.15, 0.2) is 0 Å². The van der Waals surface area contributed by atoms with Gasteiger partial charge in [0.2, 0.25) is 5.91 Å². The van der Waals surface area contributed by atoms with Gasteiger partial charge >= 0.3 is 6.09 Å². The summed E-state index contributed by atoms with van der Waals surface area (Å²) in [6.45, 7) is 5.62. The van der Waals surface area contributed by atoms with E-state index in [1.165, 1.54) is 0 Å². The summed E-state index contributed by atoms with van der Waals surface area (Å²) in [6, 6.07) is 10.4. The fourth-order valence-corrected chi connectivity index (χ4v) is 6.80. The topological polar surface area (TPSA) is 115 Å². The number of carbonyl (C=O) groups is 2. The predicted molar refractivity (Wildman–Crippen MR) is 157 cm³/mol. The zero-order valence-corrected chi connectivity index (χ0v) is 24.6. The lowest BCUT2D eigenvalue weighted by Crippen LogP contribution is -2.49. The number of carbonyl (C=O) groups excluding carboxylic acids is 1. The number of rotatable bonds is 10. The van der Waals surface area contributed by atoms with Crippen LogP contribution in [-0.4, -0.2) is 64.8 Å². The Morgan fingerprint density at radius 3 is 2.73 bits per heavy atom. The highest BCUT2D eigenvalue weighted by molar-refractivity contribution is 6.32. The molecule has 9 heteroatoms. The van der Waals surface area contributed by atoms with Crippen LogP contribution in [0.4, 0.5) is 4.79 Å². The molecule has 1 aromatic heterocycles. The van der Waals surface area contributed by atoms with E-state index in [1.807, 2.05) is 30.1 Å². The molecule has 0 bridgehead atoms. The van der Waals surface area contributed by atoms with Crippen molar-refractivity contribution in [3.05, 3.63) is 52.8 Å². The van der Waals surface area contributed by atoms with Gasteiger partial charge in [0.05, 0.1) is 5.60 Å². The van der Waals surface area contributed by atoms with Crippen LogP contribution < -0.4 is 10.6 Å². The molecule has 2 heterocycles. The molecule has 2 fully saturated rings. The standard InChI is InChI=1S/C31H43ClN4O4/c1-20(2)21-7-4-8-22(17-21)27-26(12-15-34-28(27)32)31(40,13-6-14-35-30(38)39)24-9-5-16-36(19-24)29(37)23-10-11-25(18-23)33-3/h4,7-8,12,15,17,20,23-25,33,35,40H,5-6,9-11,13-14,16,18-19H2,1-3H3,(H,38,39). The van der Waals surface area contributed by atoms with Crippen molar-refractivity contribution < 1.29 is 19.8 Å². The van der Waals surface area contributed by atoms with Crippen molar-refractivity contribution in [2.45, 2.75) is 76.4 Å². The third kappa shape index (κ3) is 6.78. The fourth-order valence-electron chi connectivity index (χ4n) is 6.53. The first-order valence-electron chi connectivity index (χ1n) is 14.5. The maximum atomic E-state index is 13.6. The van der Waals surface area contributed by atoms with Gasteiger partial charge in [0.25, 0.3) is 0 Å². The second kappa shape index (κ2) is 13.3. The lowest BCUT2D eigenvalue weighted by Gasteiger charge is -2.44. The zero-order valence-electron chi connectivity index (χ0n) is 23.8. The lowest BCUT2D eigenvalue weighted by molar-refractivity contribution is -0.140. The minimum Gasteiger partial charge on any atom is -0.465 e. The second-order valence-electron chi connectivity index (χ2n) is 11.7. The van der Waals surface area contributed by atoms with Crippen molar-refractivity contribution in [1.29, 1.82) is 0 Å². The first-order chi connectivity index (χ1) is 19.1. The number of pyridine rings is 1. The van der Waals surface area contributed by atoms with E-state index in [2.05, 4.69) is 41.6 Å². The number of amides is 2. The van der Waals surface area contributed by atoms with Crippen LogP contribution in [0.3, 0.4) is 0 Å². The molecule has 2 amide bonds. The smallest absolute Gasteiger partial charge is 0.404 e. The highest BCUT2D eigenvalue weighted by Gasteiger charge is 2.44. The summed E-state index contributed by atoms with van der Waals surface area (Å²) in [7, 11) is 1.95. The van der Waals surface area contributed by atoms with E-state index in [9.17, 15) is 14.7 Å². The summed E-state index contributed by atoms with van der Waals surface area (Å²) in [5.41, 5.74) is 2.08. The monoisotopic (exact) mass is 570 g/mol. The van der Waals surface area contributed by atoms with E-state index in [4.69, 9.17) is 16.7 Å². The van der Waals surface area contributed by atoms with Crippen molar-refractivity contribution in [3.63, 3.8) is 0 Å². The zero-order chi connectivity index (χ0) is 28.9. The van der Waals surface area contributed by atoms with Crippen LogP contribution in [0, 0.1) is 11.8 Å². The molecule has 218 valence electrons. The van der Waals surface area contributed by atoms with E-state index < -0.39 is 11.7 Å². The van der Waals surface area contributed by atoms with E-state index in [0.29, 0.717) is 54.2 Å². The Hall–Kier alpha value is -2.68. The Labute approximate surface area is 242 Å². The molecule has 0 spiro atoms.